The van der Waals surface area contributed by atoms with E-state index in [2.05, 4.69) is 26.1 Å². The fourth-order valence-corrected chi connectivity index (χ4v) is 6.18. The lowest BCUT2D eigenvalue weighted by Crippen LogP contribution is -2.63. The quantitative estimate of drug-likeness (QED) is 0.0541. The van der Waals surface area contributed by atoms with Crippen molar-refractivity contribution >= 4 is 51.8 Å². The van der Waals surface area contributed by atoms with E-state index < -0.39 is 70.3 Å². The van der Waals surface area contributed by atoms with E-state index in [0.29, 0.717) is 0 Å². The summed E-state index contributed by atoms with van der Waals surface area (Å²) in [7, 11) is 0. The maximum Gasteiger partial charge on any atom is 0.413 e. The van der Waals surface area contributed by atoms with Crippen molar-refractivity contribution < 1.29 is 47.9 Å². The van der Waals surface area contributed by atoms with E-state index in [-0.39, 0.29) is 47.7 Å². The molecule has 1 aliphatic rings. The van der Waals surface area contributed by atoms with Crippen LogP contribution in [0.2, 0.25) is 0 Å². The van der Waals surface area contributed by atoms with E-state index in [1.54, 1.807) is 41.5 Å². The Morgan fingerprint density at radius 2 is 1.49 bits per heavy atom. The third-order valence-electron chi connectivity index (χ3n) is 8.58. The lowest BCUT2D eigenvalue weighted by Gasteiger charge is -2.36. The van der Waals surface area contributed by atoms with Crippen LogP contribution in [0.4, 0.5) is 9.93 Å². The summed E-state index contributed by atoms with van der Waals surface area (Å²) in [6.45, 7) is 13.0. The highest BCUT2D eigenvalue weighted by Crippen LogP contribution is 2.25. The zero-order valence-electron chi connectivity index (χ0n) is 35.2. The van der Waals surface area contributed by atoms with Crippen molar-refractivity contribution in [2.45, 2.75) is 97.9 Å². The zero-order valence-corrected chi connectivity index (χ0v) is 36.0. The number of rotatable bonds is 17. The van der Waals surface area contributed by atoms with Crippen LogP contribution in [0, 0.1) is 5.92 Å². The lowest BCUT2D eigenvalue weighted by molar-refractivity contribution is -0.179. The SMILES string of the molecule is CC(C)(C)OC(=O)Nc1nc(/C(=N/OC(C)(C)C(=O)OC(C)(C)C)C(=O)C[C@@H]2C(=O)N[C@@H]2CNC(=O)c2cc(=O)c(OCc3ccccc3)cn2OCc2ccccc2)cs1. The van der Waals surface area contributed by atoms with Crippen LogP contribution in [0.15, 0.2) is 88.3 Å². The zero-order chi connectivity index (χ0) is 44.5. The summed E-state index contributed by atoms with van der Waals surface area (Å²) < 4.78 is 17.7. The van der Waals surface area contributed by atoms with Crippen LogP contribution in [0.3, 0.4) is 0 Å². The van der Waals surface area contributed by atoms with Crippen LogP contribution in [-0.2, 0) is 41.9 Å². The minimum absolute atomic E-state index is 0.00435. The summed E-state index contributed by atoms with van der Waals surface area (Å²) in [6.07, 6.45) is 0.130. The van der Waals surface area contributed by atoms with Crippen LogP contribution >= 0.6 is 11.3 Å². The maximum absolute atomic E-state index is 14.0. The number of hydrogen-bond acceptors (Lipinski definition) is 14. The third kappa shape index (κ3) is 13.2. The molecule has 3 N–H and O–H groups in total. The van der Waals surface area contributed by atoms with Crippen LogP contribution in [0.1, 0.15) is 89.1 Å². The lowest BCUT2D eigenvalue weighted by atomic mass is 9.84. The van der Waals surface area contributed by atoms with Gasteiger partial charge in [0.2, 0.25) is 16.9 Å². The molecule has 0 spiro atoms. The second-order valence-corrected chi connectivity index (χ2v) is 17.4. The molecule has 0 unspecified atom stereocenters. The number of pyridine rings is 1. The minimum Gasteiger partial charge on any atom is -0.483 e. The molecular weight excluding hydrogens is 809 g/mol. The molecule has 0 aliphatic carbocycles. The van der Waals surface area contributed by atoms with Gasteiger partial charge in [0.15, 0.2) is 22.4 Å². The standard InChI is InChI=1S/C43H50N6O11S/c1-41(2,3)58-38(54)43(7,8)60-48-35(30-25-61-39(46-30)47-40(55)59-42(4,5)6)33(51)19-28-29(45-36(28)52)21-44-37(53)31-20-32(50)34(56-23-26-15-11-9-12-16-26)22-49(31)57-24-27-17-13-10-14-18-27/h9-18,20,22,25,28-29H,19,21,23-24H2,1-8H3,(H,44,53)(H,45,52)(H,46,47,55)/b48-35-/t28-,29+/m0/s1. The molecule has 2 aromatic heterocycles. The van der Waals surface area contributed by atoms with Crippen molar-refractivity contribution in [3.8, 4) is 5.75 Å². The molecule has 0 radical (unpaired) electrons. The van der Waals surface area contributed by atoms with Gasteiger partial charge in [-0.1, -0.05) is 65.8 Å². The second-order valence-electron chi connectivity index (χ2n) is 16.5. The summed E-state index contributed by atoms with van der Waals surface area (Å²) >= 11 is 0.980. The number of aromatic nitrogens is 2. The van der Waals surface area contributed by atoms with Gasteiger partial charge in [0, 0.05) is 24.4 Å². The first-order valence-corrected chi connectivity index (χ1v) is 20.2. The number of amides is 3. The highest BCUT2D eigenvalue weighted by atomic mass is 32.1. The largest absolute Gasteiger partial charge is 0.483 e. The van der Waals surface area contributed by atoms with Gasteiger partial charge in [-0.15, -0.1) is 11.3 Å². The number of ether oxygens (including phenoxy) is 3. The number of anilines is 1. The Balaban J connectivity index is 1.32. The maximum atomic E-state index is 14.0. The number of nitrogens with one attached hydrogen (secondary N) is 3. The molecule has 17 nitrogen and oxygen atoms in total. The molecule has 61 heavy (non-hydrogen) atoms. The monoisotopic (exact) mass is 858 g/mol. The van der Waals surface area contributed by atoms with Gasteiger partial charge in [0.25, 0.3) is 5.91 Å². The van der Waals surface area contributed by atoms with Gasteiger partial charge in [-0.2, -0.15) is 4.73 Å². The van der Waals surface area contributed by atoms with E-state index >= 15 is 0 Å². The van der Waals surface area contributed by atoms with Crippen molar-refractivity contribution in [2.24, 2.45) is 11.1 Å². The average molecular weight is 859 g/mol. The Labute approximate surface area is 356 Å². The molecule has 0 saturated carbocycles. The van der Waals surface area contributed by atoms with E-state index in [9.17, 15) is 28.8 Å². The summed E-state index contributed by atoms with van der Waals surface area (Å²) in [6, 6.07) is 18.9. The summed E-state index contributed by atoms with van der Waals surface area (Å²) in [5, 5.41) is 13.5. The summed E-state index contributed by atoms with van der Waals surface area (Å²) in [5.41, 5.74) is -2.67. The first-order chi connectivity index (χ1) is 28.7. The van der Waals surface area contributed by atoms with Gasteiger partial charge in [-0.3, -0.25) is 24.5 Å². The Morgan fingerprint density at radius 1 is 0.869 bits per heavy atom. The van der Waals surface area contributed by atoms with Crippen molar-refractivity contribution in [2.75, 3.05) is 11.9 Å². The van der Waals surface area contributed by atoms with Gasteiger partial charge < -0.3 is 34.5 Å². The van der Waals surface area contributed by atoms with Crippen LogP contribution in [0.5, 0.6) is 5.75 Å². The Morgan fingerprint density at radius 3 is 2.10 bits per heavy atom. The van der Waals surface area contributed by atoms with E-state index in [4.69, 9.17) is 23.9 Å². The molecule has 2 atom stereocenters. The van der Waals surface area contributed by atoms with Crippen LogP contribution in [-0.4, -0.2) is 74.5 Å². The average Bonchev–Trinajstić information content (AvgIpc) is 3.64. The number of Topliss-reactive ketones (excluding diaryl/α,β-unsaturated/α-hetero) is 1. The van der Waals surface area contributed by atoms with E-state index in [1.165, 1.54) is 25.4 Å². The molecule has 18 heteroatoms. The molecule has 3 heterocycles. The first kappa shape index (κ1) is 45.5. The summed E-state index contributed by atoms with van der Waals surface area (Å²) in [4.78, 5) is 94.9. The predicted octanol–water partition coefficient (Wildman–Crippen LogP) is 5.20. The molecule has 2 aromatic carbocycles. The van der Waals surface area contributed by atoms with Gasteiger partial charge in [-0.25, -0.2) is 14.6 Å². The number of nitrogens with zero attached hydrogens (tertiary/aromatic N) is 3. The highest BCUT2D eigenvalue weighted by molar-refractivity contribution is 7.14. The molecule has 3 amide bonds. The molecule has 1 aliphatic heterocycles. The second kappa shape index (κ2) is 19.2. The predicted molar refractivity (Wildman–Crippen MR) is 225 cm³/mol. The number of β-lactam (4-membered cyclic amide) rings is 1. The van der Waals surface area contributed by atoms with Crippen molar-refractivity contribution in [1.29, 1.82) is 0 Å². The Hall–Kier alpha value is -6.56. The minimum atomic E-state index is -1.65. The van der Waals surface area contributed by atoms with E-state index in [1.807, 2.05) is 60.7 Å². The summed E-state index contributed by atoms with van der Waals surface area (Å²) in [5.74, 6) is -3.56. The molecular formula is C43H50N6O11S. The van der Waals surface area contributed by atoms with Gasteiger partial charge >= 0.3 is 12.1 Å². The van der Waals surface area contributed by atoms with Gasteiger partial charge in [0.05, 0.1) is 18.2 Å². The Bertz CT molecular complexity index is 2310. The van der Waals surface area contributed by atoms with E-state index in [0.717, 1.165) is 33.3 Å². The fourth-order valence-electron chi connectivity index (χ4n) is 5.50. The van der Waals surface area contributed by atoms with Crippen LogP contribution in [0.25, 0.3) is 0 Å². The smallest absolute Gasteiger partial charge is 0.413 e. The fraction of sp³-hybridized carbons (Fsp3) is 0.395. The topological polar surface area (TPSA) is 215 Å². The molecule has 1 saturated heterocycles. The number of thiazole rings is 1. The Kier molecular flexibility index (Phi) is 14.3. The van der Waals surface area contributed by atoms with Crippen LogP contribution < -0.4 is 31.0 Å². The number of benzene rings is 2. The molecule has 0 bridgehead atoms. The van der Waals surface area contributed by atoms with Gasteiger partial charge in [-0.05, 0) is 66.5 Å². The van der Waals surface area contributed by atoms with Gasteiger partial charge in [0.1, 0.15) is 35.8 Å². The number of oxime groups is 1. The first-order valence-electron chi connectivity index (χ1n) is 19.4. The normalized spacial score (nSPS) is 15.4. The van der Waals surface area contributed by atoms with Crippen molar-refractivity contribution in [3.05, 3.63) is 111 Å². The molecule has 4 aromatic rings. The number of ketones is 1. The highest BCUT2D eigenvalue weighted by Gasteiger charge is 2.42. The van der Waals surface area contributed by atoms with Crippen molar-refractivity contribution in [1.82, 2.24) is 20.3 Å². The number of carbonyl (C=O) groups is 5. The number of esters is 1. The number of hydrogen-bond donors (Lipinski definition) is 3. The third-order valence-corrected chi connectivity index (χ3v) is 9.34. The number of carbonyl (C=O) groups excluding carboxylic acids is 5. The molecule has 324 valence electrons. The van der Waals surface area contributed by atoms with Crippen molar-refractivity contribution in [3.63, 3.8) is 0 Å². The molecule has 5 rings (SSSR count). The molecule has 1 fully saturated rings.